The lowest BCUT2D eigenvalue weighted by molar-refractivity contribution is -0.132. The molecule has 110 valence electrons. The Bertz CT molecular complexity index is 312. The fourth-order valence-corrected chi connectivity index (χ4v) is 3.29. The first-order valence-corrected chi connectivity index (χ1v) is 8.15. The Balaban J connectivity index is 2.08. The topological polar surface area (TPSA) is 32.3 Å². The van der Waals surface area contributed by atoms with E-state index in [9.17, 15) is 4.79 Å². The van der Waals surface area contributed by atoms with Gasteiger partial charge in [0.2, 0.25) is 5.91 Å². The first kappa shape index (κ1) is 14.8. The van der Waals surface area contributed by atoms with E-state index < -0.39 is 0 Å². The van der Waals surface area contributed by atoms with Crippen molar-refractivity contribution in [2.24, 2.45) is 11.8 Å². The summed E-state index contributed by atoms with van der Waals surface area (Å²) in [6.07, 6.45) is 7.30. The van der Waals surface area contributed by atoms with Gasteiger partial charge in [-0.2, -0.15) is 0 Å². The number of nitrogens with one attached hydrogen (secondary N) is 1. The zero-order chi connectivity index (χ0) is 14.0. The van der Waals surface area contributed by atoms with E-state index in [0.717, 1.165) is 25.2 Å². The zero-order valence-electron chi connectivity index (χ0n) is 13.0. The van der Waals surface area contributed by atoms with Crippen molar-refractivity contribution < 1.29 is 4.79 Å². The van der Waals surface area contributed by atoms with E-state index in [-0.39, 0.29) is 12.2 Å². The largest absolute Gasteiger partial charge is 0.323 e. The lowest BCUT2D eigenvalue weighted by atomic mass is 10.0. The maximum atomic E-state index is 12.6. The van der Waals surface area contributed by atoms with Gasteiger partial charge < -0.3 is 4.90 Å². The van der Waals surface area contributed by atoms with Crippen molar-refractivity contribution in [2.45, 2.75) is 84.5 Å². The molecule has 1 aliphatic heterocycles. The van der Waals surface area contributed by atoms with Crippen LogP contribution in [0.4, 0.5) is 0 Å². The molecule has 1 heterocycles. The highest BCUT2D eigenvalue weighted by Gasteiger charge is 2.42. The average Bonchev–Trinajstić information content (AvgIpc) is 3.12. The number of hydrogen-bond acceptors (Lipinski definition) is 2. The molecule has 3 nitrogen and oxygen atoms in total. The van der Waals surface area contributed by atoms with Crippen LogP contribution in [0, 0.1) is 11.8 Å². The Hall–Kier alpha value is -0.570. The Kier molecular flexibility index (Phi) is 4.88. The predicted molar refractivity (Wildman–Crippen MR) is 78.7 cm³/mol. The first-order valence-electron chi connectivity index (χ1n) is 8.15. The molecule has 1 aliphatic carbocycles. The Morgan fingerprint density at radius 3 is 2.42 bits per heavy atom. The van der Waals surface area contributed by atoms with Crippen LogP contribution in [0.5, 0.6) is 0 Å². The fourth-order valence-electron chi connectivity index (χ4n) is 3.29. The molecule has 0 aromatic heterocycles. The molecule has 1 N–H and O–H groups in total. The predicted octanol–water partition coefficient (Wildman–Crippen LogP) is 3.15. The molecule has 2 rings (SSSR count). The van der Waals surface area contributed by atoms with Gasteiger partial charge in [0, 0.05) is 6.04 Å². The van der Waals surface area contributed by atoms with E-state index in [2.05, 4.69) is 37.9 Å². The van der Waals surface area contributed by atoms with E-state index in [1.54, 1.807) is 0 Å². The van der Waals surface area contributed by atoms with Gasteiger partial charge in [-0.25, -0.2) is 0 Å². The summed E-state index contributed by atoms with van der Waals surface area (Å²) in [7, 11) is 0. The van der Waals surface area contributed by atoms with Crippen LogP contribution in [0.3, 0.4) is 0 Å². The highest BCUT2D eigenvalue weighted by atomic mass is 16.2. The number of amides is 1. The molecule has 0 bridgehead atoms. The Morgan fingerprint density at radius 1 is 1.26 bits per heavy atom. The van der Waals surface area contributed by atoms with E-state index in [4.69, 9.17) is 0 Å². The highest BCUT2D eigenvalue weighted by Crippen LogP contribution is 2.37. The third-order valence-corrected chi connectivity index (χ3v) is 4.55. The Labute approximate surface area is 118 Å². The molecule has 1 saturated carbocycles. The molecule has 1 saturated heterocycles. The van der Waals surface area contributed by atoms with Gasteiger partial charge in [0.15, 0.2) is 0 Å². The normalized spacial score (nSPS) is 29.3. The maximum Gasteiger partial charge on any atom is 0.241 e. The van der Waals surface area contributed by atoms with Crippen molar-refractivity contribution in [2.75, 3.05) is 0 Å². The van der Waals surface area contributed by atoms with Crippen LogP contribution < -0.4 is 5.32 Å². The number of carbonyl (C=O) groups excluding carboxylic acids is 1. The summed E-state index contributed by atoms with van der Waals surface area (Å²) in [5, 5.41) is 3.56. The summed E-state index contributed by atoms with van der Waals surface area (Å²) < 4.78 is 0. The fraction of sp³-hybridized carbons (Fsp3) is 0.938. The summed E-state index contributed by atoms with van der Waals surface area (Å²) in [6.45, 7) is 8.82. The molecule has 19 heavy (non-hydrogen) atoms. The van der Waals surface area contributed by atoms with E-state index in [1.807, 2.05) is 0 Å². The van der Waals surface area contributed by atoms with Gasteiger partial charge >= 0.3 is 0 Å². The summed E-state index contributed by atoms with van der Waals surface area (Å²) >= 11 is 0. The van der Waals surface area contributed by atoms with Gasteiger partial charge in [0.05, 0.1) is 12.2 Å². The highest BCUT2D eigenvalue weighted by molar-refractivity contribution is 5.84. The monoisotopic (exact) mass is 266 g/mol. The molecule has 1 amide bonds. The summed E-state index contributed by atoms with van der Waals surface area (Å²) in [4.78, 5) is 14.8. The molecular formula is C16H30N2O. The van der Waals surface area contributed by atoms with Gasteiger partial charge in [-0.3, -0.25) is 10.1 Å². The molecule has 0 spiro atoms. The standard InChI is InChI=1S/C16H30N2O/c1-5-13(10-12-7-8-12)18-15(9-11(3)4)17-14(6-2)16(18)19/h11-15,17H,5-10H2,1-4H3. The molecule has 2 aliphatic rings. The molecule has 3 atom stereocenters. The molecular weight excluding hydrogens is 236 g/mol. The third kappa shape index (κ3) is 3.50. The first-order chi connectivity index (χ1) is 9.06. The molecule has 0 aromatic carbocycles. The van der Waals surface area contributed by atoms with Gasteiger partial charge in [-0.1, -0.05) is 40.5 Å². The summed E-state index contributed by atoms with van der Waals surface area (Å²) in [5.41, 5.74) is 0. The van der Waals surface area contributed by atoms with Crippen LogP contribution in [0.15, 0.2) is 0 Å². The second-order valence-electron chi connectivity index (χ2n) is 6.76. The Morgan fingerprint density at radius 2 is 1.95 bits per heavy atom. The van der Waals surface area contributed by atoms with E-state index in [1.165, 1.54) is 19.3 Å². The SMILES string of the molecule is CCC1NC(CC(C)C)N(C(CC)CC2CC2)C1=O. The minimum atomic E-state index is 0.0528. The van der Waals surface area contributed by atoms with Crippen LogP contribution >= 0.6 is 0 Å². The minimum Gasteiger partial charge on any atom is -0.323 e. The summed E-state index contributed by atoms with van der Waals surface area (Å²) in [5.74, 6) is 1.86. The van der Waals surface area contributed by atoms with Crippen LogP contribution in [-0.2, 0) is 4.79 Å². The number of nitrogens with zero attached hydrogens (tertiary/aromatic N) is 1. The second-order valence-corrected chi connectivity index (χ2v) is 6.76. The maximum absolute atomic E-state index is 12.6. The smallest absolute Gasteiger partial charge is 0.241 e. The van der Waals surface area contributed by atoms with Crippen molar-refractivity contribution in [1.29, 1.82) is 0 Å². The van der Waals surface area contributed by atoms with Gasteiger partial charge in [-0.05, 0) is 37.5 Å². The molecule has 3 heteroatoms. The quantitative estimate of drug-likeness (QED) is 0.768. The van der Waals surface area contributed by atoms with Crippen molar-refractivity contribution in [1.82, 2.24) is 10.2 Å². The van der Waals surface area contributed by atoms with Crippen LogP contribution in [-0.4, -0.2) is 29.1 Å². The molecule has 0 aromatic rings. The van der Waals surface area contributed by atoms with E-state index in [0.29, 0.717) is 17.9 Å². The molecule has 3 unspecified atom stereocenters. The van der Waals surface area contributed by atoms with Gasteiger partial charge in [0.25, 0.3) is 0 Å². The lowest BCUT2D eigenvalue weighted by Gasteiger charge is -2.33. The van der Waals surface area contributed by atoms with Gasteiger partial charge in [-0.15, -0.1) is 0 Å². The zero-order valence-corrected chi connectivity index (χ0v) is 13.0. The van der Waals surface area contributed by atoms with Crippen LogP contribution in [0.2, 0.25) is 0 Å². The van der Waals surface area contributed by atoms with Crippen molar-refractivity contribution in [3.63, 3.8) is 0 Å². The van der Waals surface area contributed by atoms with Crippen molar-refractivity contribution in [3.8, 4) is 0 Å². The third-order valence-electron chi connectivity index (χ3n) is 4.55. The lowest BCUT2D eigenvalue weighted by Crippen LogP contribution is -2.45. The van der Waals surface area contributed by atoms with Crippen molar-refractivity contribution >= 4 is 5.91 Å². The van der Waals surface area contributed by atoms with E-state index >= 15 is 0 Å². The van der Waals surface area contributed by atoms with Gasteiger partial charge in [0.1, 0.15) is 0 Å². The number of rotatable bonds is 7. The summed E-state index contributed by atoms with van der Waals surface area (Å²) in [6, 6.07) is 0.504. The van der Waals surface area contributed by atoms with Crippen molar-refractivity contribution in [3.05, 3.63) is 0 Å². The average molecular weight is 266 g/mol. The second kappa shape index (κ2) is 6.25. The van der Waals surface area contributed by atoms with Crippen LogP contribution in [0.1, 0.15) is 66.2 Å². The number of carbonyl (C=O) groups is 1. The molecule has 0 radical (unpaired) electrons. The van der Waals surface area contributed by atoms with Crippen LogP contribution in [0.25, 0.3) is 0 Å². The minimum absolute atomic E-state index is 0.0528. The molecule has 2 fully saturated rings. The number of hydrogen-bond donors (Lipinski definition) is 1.